The first-order valence-electron chi connectivity index (χ1n) is 11.0. The molecule has 3 aromatic rings. The summed E-state index contributed by atoms with van der Waals surface area (Å²) in [5.41, 5.74) is 3.87. The third-order valence-electron chi connectivity index (χ3n) is 6.70. The second-order valence-electron chi connectivity index (χ2n) is 8.71. The number of hydrogen-bond donors (Lipinski definition) is 0. The molecule has 2 aliphatic rings. The minimum absolute atomic E-state index is 0.0335. The normalized spacial score (nSPS) is 21.0. The molecule has 5 heteroatoms. The second-order valence-corrected chi connectivity index (χ2v) is 9.15. The van der Waals surface area contributed by atoms with Crippen LogP contribution in [-0.4, -0.2) is 30.3 Å². The molecule has 1 unspecified atom stereocenters. The van der Waals surface area contributed by atoms with Gasteiger partial charge in [0.2, 0.25) is 5.91 Å². The maximum absolute atomic E-state index is 13.9. The van der Waals surface area contributed by atoms with E-state index in [-0.39, 0.29) is 17.7 Å². The zero-order chi connectivity index (χ0) is 22.5. The fourth-order valence-electron chi connectivity index (χ4n) is 5.06. The quantitative estimate of drug-likeness (QED) is 0.489. The summed E-state index contributed by atoms with van der Waals surface area (Å²) < 4.78 is 0. The van der Waals surface area contributed by atoms with E-state index in [4.69, 9.17) is 11.6 Å². The first kappa shape index (κ1) is 20.8. The van der Waals surface area contributed by atoms with Crippen LogP contribution in [-0.2, 0) is 10.2 Å². The van der Waals surface area contributed by atoms with E-state index in [0.29, 0.717) is 17.1 Å². The predicted molar refractivity (Wildman–Crippen MR) is 128 cm³/mol. The Morgan fingerprint density at radius 2 is 1.84 bits per heavy atom. The molecule has 4 nitrogen and oxygen atoms in total. The minimum atomic E-state index is -0.552. The summed E-state index contributed by atoms with van der Waals surface area (Å²) in [5.74, 6) is 0.165. The molecule has 1 spiro atoms. The van der Waals surface area contributed by atoms with Crippen LogP contribution in [0.4, 0.5) is 11.4 Å². The van der Waals surface area contributed by atoms with Gasteiger partial charge < -0.3 is 4.90 Å². The Bertz CT molecular complexity index is 1210. The number of hydrogen-bond acceptors (Lipinski definition) is 2. The van der Waals surface area contributed by atoms with Gasteiger partial charge in [-0.1, -0.05) is 54.9 Å². The highest BCUT2D eigenvalue weighted by molar-refractivity contribution is 6.30. The van der Waals surface area contributed by atoms with Gasteiger partial charge in [-0.05, 0) is 60.4 Å². The van der Waals surface area contributed by atoms with Gasteiger partial charge in [0.1, 0.15) is 0 Å². The van der Waals surface area contributed by atoms with Crippen molar-refractivity contribution in [2.75, 3.05) is 18.5 Å². The van der Waals surface area contributed by atoms with Crippen molar-refractivity contribution in [2.24, 2.45) is 0 Å². The van der Waals surface area contributed by atoms with Gasteiger partial charge in [-0.3, -0.25) is 14.5 Å². The van der Waals surface area contributed by atoms with E-state index in [0.717, 1.165) is 35.3 Å². The summed E-state index contributed by atoms with van der Waals surface area (Å²) in [5, 5.41) is 0.692. The van der Waals surface area contributed by atoms with Gasteiger partial charge in [0, 0.05) is 35.8 Å². The molecule has 1 aliphatic carbocycles. The topological polar surface area (TPSA) is 40.6 Å². The van der Waals surface area contributed by atoms with Gasteiger partial charge >= 0.3 is 0 Å². The largest absolute Gasteiger partial charge is 0.342 e. The summed E-state index contributed by atoms with van der Waals surface area (Å²) in [4.78, 5) is 30.3. The molecule has 0 aromatic heterocycles. The fraction of sp³-hybridized carbons (Fsp3) is 0.259. The molecule has 0 radical (unpaired) electrons. The molecule has 1 aliphatic heterocycles. The van der Waals surface area contributed by atoms with E-state index < -0.39 is 5.41 Å². The van der Waals surface area contributed by atoms with Crippen molar-refractivity contribution in [1.82, 2.24) is 4.90 Å². The number of carbonyl (C=O) groups excluding carboxylic acids is 2. The van der Waals surface area contributed by atoms with Crippen molar-refractivity contribution in [2.45, 2.75) is 31.1 Å². The van der Waals surface area contributed by atoms with Crippen molar-refractivity contribution in [1.29, 1.82) is 0 Å². The molecule has 1 fully saturated rings. The monoisotopic (exact) mass is 444 g/mol. The molecule has 0 N–H and O–H groups in total. The van der Waals surface area contributed by atoms with Crippen LogP contribution in [0.25, 0.3) is 0 Å². The summed E-state index contributed by atoms with van der Waals surface area (Å²) in [7, 11) is 1.81. The molecule has 2 atom stereocenters. The highest BCUT2D eigenvalue weighted by atomic mass is 35.5. The van der Waals surface area contributed by atoms with Crippen molar-refractivity contribution < 1.29 is 9.59 Å². The minimum Gasteiger partial charge on any atom is -0.342 e. The molecule has 32 heavy (non-hydrogen) atoms. The van der Waals surface area contributed by atoms with Gasteiger partial charge in [0.05, 0.1) is 11.1 Å². The second kappa shape index (κ2) is 7.79. The van der Waals surface area contributed by atoms with Crippen LogP contribution >= 0.6 is 11.6 Å². The summed E-state index contributed by atoms with van der Waals surface area (Å²) in [6, 6.07) is 23.2. The number of benzene rings is 3. The number of anilines is 2. The average Bonchev–Trinajstić information content (AvgIpc) is 3.51. The zero-order valence-electron chi connectivity index (χ0n) is 18.2. The third-order valence-corrected chi connectivity index (χ3v) is 6.95. The van der Waals surface area contributed by atoms with Crippen molar-refractivity contribution >= 4 is 34.8 Å². The Morgan fingerprint density at radius 1 is 1.09 bits per heavy atom. The van der Waals surface area contributed by atoms with Crippen LogP contribution < -0.4 is 4.90 Å². The molecule has 2 amide bonds. The van der Waals surface area contributed by atoms with Gasteiger partial charge in [-0.15, -0.1) is 0 Å². The number of carbonyl (C=O) groups is 2. The van der Waals surface area contributed by atoms with E-state index in [1.807, 2.05) is 80.7 Å². The fourth-order valence-corrected chi connectivity index (χ4v) is 5.18. The van der Waals surface area contributed by atoms with E-state index >= 15 is 0 Å². The van der Waals surface area contributed by atoms with Gasteiger partial charge in [0.15, 0.2) is 0 Å². The maximum Gasteiger partial charge on any atom is 0.253 e. The Hall–Kier alpha value is -3.11. The number of fused-ring (bicyclic) bond motifs is 2. The van der Waals surface area contributed by atoms with Crippen LogP contribution in [0.2, 0.25) is 5.02 Å². The molecule has 0 saturated heterocycles. The maximum atomic E-state index is 13.9. The lowest BCUT2D eigenvalue weighted by Crippen LogP contribution is -2.30. The molecule has 0 bridgehead atoms. The molecule has 1 heterocycles. The SMILES string of the molecule is CCCN(C)C(=O)c1cccc(N2C(=O)[C@]3(CC3c3ccc(Cl)cc3)c3ccccc32)c1. The number of halogens is 1. The van der Waals surface area contributed by atoms with Gasteiger partial charge in [-0.2, -0.15) is 0 Å². The van der Waals surface area contributed by atoms with Crippen molar-refractivity contribution in [3.63, 3.8) is 0 Å². The van der Waals surface area contributed by atoms with E-state index in [2.05, 4.69) is 6.07 Å². The smallest absolute Gasteiger partial charge is 0.253 e. The van der Waals surface area contributed by atoms with E-state index in [1.54, 1.807) is 9.80 Å². The average molecular weight is 445 g/mol. The summed E-state index contributed by atoms with van der Waals surface area (Å²) in [6.07, 6.45) is 1.67. The lowest BCUT2D eigenvalue weighted by atomic mass is 9.92. The number of rotatable bonds is 5. The zero-order valence-corrected chi connectivity index (χ0v) is 19.0. The van der Waals surface area contributed by atoms with Gasteiger partial charge in [0.25, 0.3) is 5.91 Å². The van der Waals surface area contributed by atoms with E-state index in [9.17, 15) is 9.59 Å². The molecule has 5 rings (SSSR count). The Balaban J connectivity index is 1.53. The molecular weight excluding hydrogens is 420 g/mol. The Morgan fingerprint density at radius 3 is 2.59 bits per heavy atom. The number of nitrogens with zero attached hydrogens (tertiary/aromatic N) is 2. The first-order valence-corrected chi connectivity index (χ1v) is 11.4. The van der Waals surface area contributed by atoms with Crippen LogP contribution in [0.5, 0.6) is 0 Å². The summed E-state index contributed by atoms with van der Waals surface area (Å²) in [6.45, 7) is 2.74. The first-order chi connectivity index (χ1) is 15.5. The van der Waals surface area contributed by atoms with Gasteiger partial charge in [-0.25, -0.2) is 0 Å². The highest BCUT2D eigenvalue weighted by Gasteiger charge is 2.67. The summed E-state index contributed by atoms with van der Waals surface area (Å²) >= 11 is 6.08. The van der Waals surface area contributed by atoms with Crippen LogP contribution in [0.3, 0.4) is 0 Å². The van der Waals surface area contributed by atoms with Crippen LogP contribution in [0.15, 0.2) is 72.8 Å². The number of amides is 2. The Labute approximate surface area is 193 Å². The molecule has 3 aromatic carbocycles. The predicted octanol–water partition coefficient (Wildman–Crippen LogP) is 5.93. The number of para-hydroxylation sites is 1. The molecular formula is C27H25ClN2O2. The molecule has 162 valence electrons. The Kier molecular flexibility index (Phi) is 5.06. The highest BCUT2D eigenvalue weighted by Crippen LogP contribution is 2.67. The van der Waals surface area contributed by atoms with Crippen LogP contribution in [0.1, 0.15) is 47.2 Å². The lowest BCUT2D eigenvalue weighted by Gasteiger charge is -2.21. The third kappa shape index (κ3) is 3.13. The van der Waals surface area contributed by atoms with Crippen molar-refractivity contribution in [3.05, 3.63) is 94.5 Å². The van der Waals surface area contributed by atoms with E-state index in [1.165, 1.54) is 0 Å². The van der Waals surface area contributed by atoms with Crippen molar-refractivity contribution in [3.8, 4) is 0 Å². The lowest BCUT2D eigenvalue weighted by molar-refractivity contribution is -0.119. The standard InChI is InChI=1S/C27H25ClN2O2/c1-3-15-29(2)25(31)19-7-6-8-21(16-19)30-24-10-5-4-9-22(24)27(26(30)32)17-23(27)18-11-13-20(28)14-12-18/h4-14,16,23H,3,15,17H2,1-2H3/t23?,27-/m1/s1. The van der Waals surface area contributed by atoms with Crippen LogP contribution in [0, 0.1) is 0 Å². The molecule has 1 saturated carbocycles.